The minimum atomic E-state index is -4.69. The summed E-state index contributed by atoms with van der Waals surface area (Å²) in [4.78, 5) is 52.8. The highest BCUT2D eigenvalue weighted by molar-refractivity contribution is 7.90. The van der Waals surface area contributed by atoms with Gasteiger partial charge in [-0.1, -0.05) is 30.3 Å². The number of halogens is 2. The van der Waals surface area contributed by atoms with E-state index < -0.39 is 55.2 Å². The molecule has 4 saturated heterocycles. The second kappa shape index (κ2) is 20.8. The highest BCUT2D eigenvalue weighted by Gasteiger charge is 2.51. The molecule has 1 spiro atoms. The lowest BCUT2D eigenvalue weighted by atomic mass is 9.59. The highest BCUT2D eigenvalue weighted by atomic mass is 32.2. The number of aryl methyl sites for hydroxylation is 1. The van der Waals surface area contributed by atoms with Crippen molar-refractivity contribution in [2.75, 3.05) is 80.8 Å². The summed E-state index contributed by atoms with van der Waals surface area (Å²) >= 11 is 0. The number of amides is 1. The zero-order chi connectivity index (χ0) is 53.0. The Morgan fingerprint density at radius 2 is 1.74 bits per heavy atom. The molecule has 1 aliphatic carbocycles. The summed E-state index contributed by atoms with van der Waals surface area (Å²) in [5, 5.41) is 16.2. The number of aromatic nitrogens is 4. The van der Waals surface area contributed by atoms with E-state index in [1.165, 1.54) is 41.6 Å². The summed E-state index contributed by atoms with van der Waals surface area (Å²) in [6.07, 6.45) is 8.56. The van der Waals surface area contributed by atoms with Gasteiger partial charge in [0, 0.05) is 102 Å². The summed E-state index contributed by atoms with van der Waals surface area (Å²) in [6.45, 7) is 8.70. The van der Waals surface area contributed by atoms with Crippen LogP contribution in [-0.2, 0) is 26.0 Å². The molecule has 19 nitrogen and oxygen atoms in total. The molecule has 1 amide bonds. The Bertz CT molecular complexity index is 3330. The third-order valence-corrected chi connectivity index (χ3v) is 18.1. The van der Waals surface area contributed by atoms with Crippen LogP contribution in [0.2, 0.25) is 0 Å². The number of H-pyrrole nitrogens is 1. The highest BCUT2D eigenvalue weighted by Crippen LogP contribution is 2.53. The topological polar surface area (TPSA) is 214 Å². The van der Waals surface area contributed by atoms with Gasteiger partial charge in [-0.15, -0.1) is 0 Å². The number of nitro benzene ring substituents is 1. The SMILES string of the molecule is Cc1ccccc1[C@@H]1CN(Cc2ccc(F)c(F)c2)CCN1C1CC2(CCN(c3ncc(C(=O)NS(=O)(=O)c4ccc(NCC5CCOCC5)c([N+](=O)[O-])c4)c(N4c5cc6cc[nH]c6nc5O[C@H]5COCC[C@@H]54)n3)CC2)C1. The van der Waals surface area contributed by atoms with Crippen molar-refractivity contribution in [1.82, 2.24) is 34.5 Å². The van der Waals surface area contributed by atoms with Crippen molar-refractivity contribution in [2.24, 2.45) is 11.3 Å². The molecule has 404 valence electrons. The first-order valence-electron chi connectivity index (χ1n) is 26.6. The van der Waals surface area contributed by atoms with E-state index in [0.29, 0.717) is 75.7 Å². The monoisotopic (exact) mass is 1070 g/mol. The summed E-state index contributed by atoms with van der Waals surface area (Å²) in [5.74, 6) is -1.62. The fraction of sp³-hybridized carbons (Fsp3) is 0.455. The largest absolute Gasteiger partial charge is 0.468 e. The first kappa shape index (κ1) is 50.9. The number of piperidine rings is 1. The third-order valence-electron chi connectivity index (χ3n) is 16.8. The summed E-state index contributed by atoms with van der Waals surface area (Å²) in [5.41, 5.74) is 4.08. The number of nitrogens with zero attached hydrogens (tertiary/aromatic N) is 8. The van der Waals surface area contributed by atoms with Crippen LogP contribution in [0, 0.1) is 40.0 Å². The van der Waals surface area contributed by atoms with Gasteiger partial charge in [-0.2, -0.15) is 9.97 Å². The Labute approximate surface area is 444 Å². The summed E-state index contributed by atoms with van der Waals surface area (Å²) in [7, 11) is -4.69. The van der Waals surface area contributed by atoms with E-state index in [-0.39, 0.29) is 46.9 Å². The molecule has 0 radical (unpaired) electrons. The molecule has 1 saturated carbocycles. The molecular weight excluding hydrogens is 1010 g/mol. The van der Waals surface area contributed by atoms with Crippen LogP contribution in [0.3, 0.4) is 0 Å². The molecule has 5 aliphatic heterocycles. The Kier molecular flexibility index (Phi) is 13.8. The van der Waals surface area contributed by atoms with Gasteiger partial charge in [-0.05, 0) is 116 Å². The van der Waals surface area contributed by atoms with Gasteiger partial charge in [0.05, 0.1) is 22.5 Å². The summed E-state index contributed by atoms with van der Waals surface area (Å²) in [6, 6.07) is 20.1. The third kappa shape index (κ3) is 10.2. The molecule has 6 aliphatic rings. The molecule has 0 bridgehead atoms. The van der Waals surface area contributed by atoms with Crippen molar-refractivity contribution < 1.29 is 41.1 Å². The number of sulfonamides is 1. The number of aromatic amines is 1. The standard InChI is InChI=1S/C55H61F2N11O8S/c1-34-4-2-3-5-40(34)48-32-64(31-36-6-8-42(56)43(57)24-36)19-20-66(48)38-27-55(28-38)14-17-65(18-15-55)54-60-30-41(51(62-54)67-45-13-23-75-33-49(45)76-53-47(67)25-37-10-16-58-50(37)61-53)52(69)63-77(72,73)39-7-9-44(46(26-39)68(70)71)59-29-35-11-21-74-22-12-35/h2-10,16,24-26,30,35,38,45,48-49,59H,11-15,17-23,27-29,31-33H2,1H3,(H,58,61)(H,63,69)/t45-,48-,49-/m0/s1. The minimum Gasteiger partial charge on any atom is -0.468 e. The van der Waals surface area contributed by atoms with Crippen molar-refractivity contribution in [3.63, 3.8) is 0 Å². The number of benzene rings is 3. The van der Waals surface area contributed by atoms with E-state index in [1.54, 1.807) is 12.3 Å². The molecule has 3 atom stereocenters. The lowest BCUT2D eigenvalue weighted by Crippen LogP contribution is -2.60. The average molecular weight is 1070 g/mol. The number of nitro groups is 1. The number of nitrogens with one attached hydrogen (secondary N) is 3. The smallest absolute Gasteiger partial charge is 0.293 e. The van der Waals surface area contributed by atoms with E-state index in [1.807, 2.05) is 17.0 Å². The number of pyridine rings is 1. The first-order chi connectivity index (χ1) is 37.3. The van der Waals surface area contributed by atoms with Crippen LogP contribution in [0.15, 0.2) is 90.1 Å². The Morgan fingerprint density at radius 1 is 0.935 bits per heavy atom. The van der Waals surface area contributed by atoms with Gasteiger partial charge in [0.25, 0.3) is 21.6 Å². The molecule has 6 aromatic rings. The maximum absolute atomic E-state index is 14.7. The molecule has 3 N–H and O–H groups in total. The number of fused-ring (bicyclic) bond motifs is 3. The predicted octanol–water partition coefficient (Wildman–Crippen LogP) is 7.80. The number of carbonyl (C=O) groups is 1. The molecule has 3 aromatic heterocycles. The number of anilines is 4. The lowest BCUT2D eigenvalue weighted by molar-refractivity contribution is -0.384. The van der Waals surface area contributed by atoms with Gasteiger partial charge in [0.1, 0.15) is 28.7 Å². The zero-order valence-corrected chi connectivity index (χ0v) is 43.5. The number of hydrogen-bond acceptors (Lipinski definition) is 16. The molecule has 5 fully saturated rings. The van der Waals surface area contributed by atoms with Gasteiger partial charge in [0.2, 0.25) is 11.8 Å². The number of rotatable bonds is 13. The minimum absolute atomic E-state index is 0.109. The molecular formula is C55H61F2N11O8S. The quantitative estimate of drug-likeness (QED) is 0.0743. The maximum atomic E-state index is 14.7. The van der Waals surface area contributed by atoms with E-state index in [9.17, 15) is 32.1 Å². The van der Waals surface area contributed by atoms with Crippen LogP contribution in [0.5, 0.6) is 5.88 Å². The van der Waals surface area contributed by atoms with Crippen LogP contribution in [0.25, 0.3) is 11.0 Å². The molecule has 3 aromatic carbocycles. The zero-order valence-electron chi connectivity index (χ0n) is 42.7. The van der Waals surface area contributed by atoms with Gasteiger partial charge >= 0.3 is 0 Å². The summed E-state index contributed by atoms with van der Waals surface area (Å²) < 4.78 is 76.3. The molecule has 8 heterocycles. The molecule has 22 heteroatoms. The number of piperazine rings is 1. The van der Waals surface area contributed by atoms with Crippen molar-refractivity contribution in [1.29, 1.82) is 0 Å². The Morgan fingerprint density at radius 3 is 2.53 bits per heavy atom. The maximum Gasteiger partial charge on any atom is 0.293 e. The Hall–Kier alpha value is -6.85. The van der Waals surface area contributed by atoms with Crippen LogP contribution in [0.1, 0.15) is 78.0 Å². The van der Waals surface area contributed by atoms with Crippen LogP contribution < -0.4 is 24.6 Å². The van der Waals surface area contributed by atoms with E-state index in [4.69, 9.17) is 29.2 Å². The van der Waals surface area contributed by atoms with Crippen LogP contribution >= 0.6 is 0 Å². The van der Waals surface area contributed by atoms with Crippen LogP contribution in [-0.4, -0.2) is 133 Å². The van der Waals surface area contributed by atoms with Crippen molar-refractivity contribution in [3.05, 3.63) is 129 Å². The fourth-order valence-electron chi connectivity index (χ4n) is 12.5. The molecule has 77 heavy (non-hydrogen) atoms. The normalized spacial score (nSPS) is 22.2. The molecule has 12 rings (SSSR count). The van der Waals surface area contributed by atoms with E-state index in [0.717, 1.165) is 75.2 Å². The molecule has 0 unspecified atom stereocenters. The van der Waals surface area contributed by atoms with Gasteiger partial charge in [0.15, 0.2) is 17.5 Å². The van der Waals surface area contributed by atoms with Gasteiger partial charge < -0.3 is 34.3 Å². The number of carbonyl (C=O) groups excluding carboxylic acids is 1. The van der Waals surface area contributed by atoms with Gasteiger partial charge in [-0.25, -0.2) is 26.9 Å². The number of hydrogen-bond donors (Lipinski definition) is 3. The predicted molar refractivity (Wildman–Crippen MR) is 283 cm³/mol. The van der Waals surface area contributed by atoms with Crippen molar-refractivity contribution in [3.8, 4) is 5.88 Å². The average Bonchev–Trinajstić information content (AvgIpc) is 3.91. The van der Waals surface area contributed by atoms with Crippen molar-refractivity contribution >= 4 is 55.8 Å². The fourth-order valence-corrected chi connectivity index (χ4v) is 13.5. The van der Waals surface area contributed by atoms with Gasteiger partial charge in [-0.3, -0.25) is 24.7 Å². The van der Waals surface area contributed by atoms with Crippen LogP contribution in [0.4, 0.5) is 37.6 Å². The second-order valence-electron chi connectivity index (χ2n) is 21.5. The second-order valence-corrected chi connectivity index (χ2v) is 23.2. The number of ether oxygens (including phenoxy) is 3. The first-order valence-corrected chi connectivity index (χ1v) is 28.0. The van der Waals surface area contributed by atoms with E-state index in [2.05, 4.69) is 60.9 Å². The lowest BCUT2D eigenvalue weighted by Gasteiger charge is -2.58. The van der Waals surface area contributed by atoms with Crippen molar-refractivity contribution in [2.45, 2.75) is 87.5 Å². The van der Waals surface area contributed by atoms with E-state index >= 15 is 0 Å². The Balaban J connectivity index is 0.802.